The van der Waals surface area contributed by atoms with Gasteiger partial charge in [0.15, 0.2) is 0 Å². The van der Waals surface area contributed by atoms with Crippen molar-refractivity contribution in [2.75, 3.05) is 12.4 Å². The maximum atomic E-state index is 5.13. The molecule has 0 spiro atoms. The van der Waals surface area contributed by atoms with Crippen molar-refractivity contribution >= 4 is 5.69 Å². The van der Waals surface area contributed by atoms with Crippen molar-refractivity contribution in [1.29, 1.82) is 0 Å². The SMILES string of the molecule is COc1ccc(NC2CCCCC2)cc1. The molecule has 2 rings (SSSR count). The van der Waals surface area contributed by atoms with E-state index in [4.69, 9.17) is 4.74 Å². The van der Waals surface area contributed by atoms with E-state index < -0.39 is 0 Å². The first-order chi connectivity index (χ1) is 7.38. The van der Waals surface area contributed by atoms with Crippen LogP contribution in [0, 0.1) is 0 Å². The lowest BCUT2D eigenvalue weighted by Crippen LogP contribution is -2.22. The van der Waals surface area contributed by atoms with E-state index >= 15 is 0 Å². The third-order valence-electron chi connectivity index (χ3n) is 3.07. The van der Waals surface area contributed by atoms with E-state index in [2.05, 4.69) is 17.4 Å². The number of hydrogen-bond acceptors (Lipinski definition) is 2. The van der Waals surface area contributed by atoms with E-state index in [0.717, 1.165) is 5.75 Å². The number of anilines is 1. The standard InChI is InChI=1S/C13H19NO/c1-15-13-9-7-12(8-10-13)14-11-5-3-2-4-6-11/h7-11,14H,2-6H2,1H3. The van der Waals surface area contributed by atoms with Crippen molar-refractivity contribution in [1.82, 2.24) is 0 Å². The Morgan fingerprint density at radius 1 is 1.07 bits per heavy atom. The number of nitrogens with one attached hydrogen (secondary N) is 1. The molecule has 1 fully saturated rings. The van der Waals surface area contributed by atoms with Crippen LogP contribution in [0.2, 0.25) is 0 Å². The van der Waals surface area contributed by atoms with E-state index in [0.29, 0.717) is 6.04 Å². The van der Waals surface area contributed by atoms with Crippen LogP contribution < -0.4 is 10.1 Å². The third kappa shape index (κ3) is 2.88. The van der Waals surface area contributed by atoms with Crippen molar-refractivity contribution in [3.8, 4) is 5.75 Å². The van der Waals surface area contributed by atoms with Crippen LogP contribution in [-0.4, -0.2) is 13.2 Å². The first-order valence-electron chi connectivity index (χ1n) is 5.79. The molecule has 1 saturated carbocycles. The van der Waals surface area contributed by atoms with Crippen LogP contribution in [0.5, 0.6) is 5.75 Å². The molecule has 1 aromatic rings. The van der Waals surface area contributed by atoms with Gasteiger partial charge in [-0.15, -0.1) is 0 Å². The molecule has 1 aromatic carbocycles. The Labute approximate surface area is 91.6 Å². The van der Waals surface area contributed by atoms with Gasteiger partial charge in [0.2, 0.25) is 0 Å². The van der Waals surface area contributed by atoms with Gasteiger partial charge in [0, 0.05) is 11.7 Å². The molecule has 0 heterocycles. The summed E-state index contributed by atoms with van der Waals surface area (Å²) in [5.41, 5.74) is 1.21. The summed E-state index contributed by atoms with van der Waals surface area (Å²) < 4.78 is 5.13. The van der Waals surface area contributed by atoms with Crippen LogP contribution in [0.3, 0.4) is 0 Å². The summed E-state index contributed by atoms with van der Waals surface area (Å²) in [6, 6.07) is 8.86. The maximum absolute atomic E-state index is 5.13. The van der Waals surface area contributed by atoms with Crippen LogP contribution in [0.4, 0.5) is 5.69 Å². The van der Waals surface area contributed by atoms with Crippen molar-refractivity contribution in [3.05, 3.63) is 24.3 Å². The fraction of sp³-hybridized carbons (Fsp3) is 0.538. The predicted octanol–water partition coefficient (Wildman–Crippen LogP) is 3.44. The monoisotopic (exact) mass is 205 g/mol. The lowest BCUT2D eigenvalue weighted by molar-refractivity contribution is 0.414. The van der Waals surface area contributed by atoms with E-state index in [1.54, 1.807) is 7.11 Å². The summed E-state index contributed by atoms with van der Waals surface area (Å²) in [6.45, 7) is 0. The molecule has 1 aliphatic carbocycles. The van der Waals surface area contributed by atoms with E-state index in [9.17, 15) is 0 Å². The summed E-state index contributed by atoms with van der Waals surface area (Å²) in [6.07, 6.45) is 6.76. The highest BCUT2D eigenvalue weighted by atomic mass is 16.5. The third-order valence-corrected chi connectivity index (χ3v) is 3.07. The van der Waals surface area contributed by atoms with Gasteiger partial charge in [-0.2, -0.15) is 0 Å². The number of ether oxygens (including phenoxy) is 1. The second-order valence-electron chi connectivity index (χ2n) is 4.21. The topological polar surface area (TPSA) is 21.3 Å². The minimum Gasteiger partial charge on any atom is -0.497 e. The first kappa shape index (κ1) is 10.3. The van der Waals surface area contributed by atoms with Crippen molar-refractivity contribution in [2.24, 2.45) is 0 Å². The zero-order valence-electron chi connectivity index (χ0n) is 9.33. The largest absolute Gasteiger partial charge is 0.497 e. The summed E-state index contributed by atoms with van der Waals surface area (Å²) >= 11 is 0. The molecule has 2 nitrogen and oxygen atoms in total. The molecule has 0 unspecified atom stereocenters. The number of benzene rings is 1. The smallest absolute Gasteiger partial charge is 0.119 e. The molecule has 1 N–H and O–H groups in total. The summed E-state index contributed by atoms with van der Waals surface area (Å²) in [5, 5.41) is 3.58. The second-order valence-corrected chi connectivity index (χ2v) is 4.21. The summed E-state index contributed by atoms with van der Waals surface area (Å²) in [5.74, 6) is 0.921. The molecule has 0 bridgehead atoms. The van der Waals surface area contributed by atoms with Crippen LogP contribution in [0.25, 0.3) is 0 Å². The van der Waals surface area contributed by atoms with Crippen LogP contribution in [0.15, 0.2) is 24.3 Å². The normalized spacial score (nSPS) is 17.4. The highest BCUT2D eigenvalue weighted by molar-refractivity contribution is 5.47. The zero-order chi connectivity index (χ0) is 10.5. The van der Waals surface area contributed by atoms with E-state index in [-0.39, 0.29) is 0 Å². The molecular formula is C13H19NO. The summed E-state index contributed by atoms with van der Waals surface area (Å²) in [7, 11) is 1.70. The van der Waals surface area contributed by atoms with Gasteiger partial charge in [-0.05, 0) is 37.1 Å². The molecule has 0 aromatic heterocycles. The van der Waals surface area contributed by atoms with Gasteiger partial charge >= 0.3 is 0 Å². The molecule has 15 heavy (non-hydrogen) atoms. The Bertz CT molecular complexity index is 288. The Morgan fingerprint density at radius 3 is 2.33 bits per heavy atom. The fourth-order valence-corrected chi connectivity index (χ4v) is 2.17. The zero-order valence-corrected chi connectivity index (χ0v) is 9.33. The molecule has 0 radical (unpaired) electrons. The van der Waals surface area contributed by atoms with Crippen molar-refractivity contribution in [2.45, 2.75) is 38.1 Å². The van der Waals surface area contributed by atoms with Gasteiger partial charge in [-0.1, -0.05) is 19.3 Å². The second kappa shape index (κ2) is 5.06. The maximum Gasteiger partial charge on any atom is 0.119 e. The number of hydrogen-bond donors (Lipinski definition) is 1. The Morgan fingerprint density at radius 2 is 1.73 bits per heavy atom. The molecule has 0 saturated heterocycles. The molecule has 0 amide bonds. The average Bonchev–Trinajstić information content (AvgIpc) is 2.31. The van der Waals surface area contributed by atoms with Crippen molar-refractivity contribution in [3.63, 3.8) is 0 Å². The van der Waals surface area contributed by atoms with Gasteiger partial charge in [0.25, 0.3) is 0 Å². The molecule has 2 heteroatoms. The molecule has 0 atom stereocenters. The minimum absolute atomic E-state index is 0.673. The molecular weight excluding hydrogens is 186 g/mol. The first-order valence-corrected chi connectivity index (χ1v) is 5.79. The van der Waals surface area contributed by atoms with Crippen molar-refractivity contribution < 1.29 is 4.74 Å². The Balaban J connectivity index is 1.91. The minimum atomic E-state index is 0.673. The number of rotatable bonds is 3. The Hall–Kier alpha value is -1.18. The lowest BCUT2D eigenvalue weighted by Gasteiger charge is -2.23. The Kier molecular flexibility index (Phi) is 3.49. The quantitative estimate of drug-likeness (QED) is 0.816. The van der Waals surface area contributed by atoms with Gasteiger partial charge in [0.1, 0.15) is 5.75 Å². The van der Waals surface area contributed by atoms with Crippen LogP contribution in [0.1, 0.15) is 32.1 Å². The number of methoxy groups -OCH3 is 1. The predicted molar refractivity (Wildman–Crippen MR) is 63.5 cm³/mol. The van der Waals surface area contributed by atoms with Crippen LogP contribution >= 0.6 is 0 Å². The summed E-state index contributed by atoms with van der Waals surface area (Å²) in [4.78, 5) is 0. The molecule has 0 aliphatic heterocycles. The lowest BCUT2D eigenvalue weighted by atomic mass is 9.95. The van der Waals surface area contributed by atoms with E-state index in [1.807, 2.05) is 12.1 Å². The average molecular weight is 205 g/mol. The fourth-order valence-electron chi connectivity index (χ4n) is 2.17. The molecule has 1 aliphatic rings. The highest BCUT2D eigenvalue weighted by Gasteiger charge is 2.12. The van der Waals surface area contributed by atoms with Gasteiger partial charge in [-0.25, -0.2) is 0 Å². The van der Waals surface area contributed by atoms with E-state index in [1.165, 1.54) is 37.8 Å². The molecule has 82 valence electrons. The van der Waals surface area contributed by atoms with Gasteiger partial charge in [0.05, 0.1) is 7.11 Å². The van der Waals surface area contributed by atoms with Gasteiger partial charge in [-0.3, -0.25) is 0 Å². The van der Waals surface area contributed by atoms with Crippen LogP contribution in [-0.2, 0) is 0 Å². The van der Waals surface area contributed by atoms with Gasteiger partial charge < -0.3 is 10.1 Å². The highest BCUT2D eigenvalue weighted by Crippen LogP contribution is 2.22.